The molecule has 264 valence electrons. The van der Waals surface area contributed by atoms with Crippen LogP contribution in [0.2, 0.25) is 6.32 Å². The van der Waals surface area contributed by atoms with Gasteiger partial charge in [-0.05, 0) is 85.1 Å². The van der Waals surface area contributed by atoms with Gasteiger partial charge in [-0.1, -0.05) is 67.8 Å². The Labute approximate surface area is 285 Å². The highest BCUT2D eigenvalue weighted by Crippen LogP contribution is 2.53. The minimum Gasteiger partial charge on any atom is -0.507 e. The molecule has 2 aliphatic heterocycles. The van der Waals surface area contributed by atoms with E-state index in [1.165, 1.54) is 0 Å². The maximum Gasteiger partial charge on any atom is 0.455 e. The fourth-order valence-corrected chi connectivity index (χ4v) is 7.94. The van der Waals surface area contributed by atoms with Gasteiger partial charge < -0.3 is 14.8 Å². The summed E-state index contributed by atoms with van der Waals surface area (Å²) in [7, 11) is -1.30. The van der Waals surface area contributed by atoms with Gasteiger partial charge in [0.05, 0.1) is 34.8 Å². The SMILES string of the molecule is CCCC1=C2[C@@H](CC/C(=C/c3ccc(O)c4ccccc34)CC)OB(O)C[C@@H]2[C@@H]2C(=O)N(c3cc(C(F)(F)F)cc(C(F)(F)F)c3)C(=O)[C@@H]2C1. The highest BCUT2D eigenvalue weighted by atomic mass is 19.4. The molecule has 2 amide bonds. The van der Waals surface area contributed by atoms with Crippen LogP contribution in [0.1, 0.15) is 69.1 Å². The van der Waals surface area contributed by atoms with E-state index in [0.29, 0.717) is 54.5 Å². The van der Waals surface area contributed by atoms with Crippen LogP contribution >= 0.6 is 0 Å². The molecule has 0 aromatic heterocycles. The van der Waals surface area contributed by atoms with Crippen LogP contribution in [0.25, 0.3) is 16.8 Å². The number of benzene rings is 3. The quantitative estimate of drug-likeness (QED) is 0.106. The standard InChI is InChI=1S/C37H36BF6NO5/c1-3-7-22-15-28-33(35(48)45(34(28)47)25-17-23(36(39,40)41)16-24(18-25)37(42,43)44)29-19-38(49)50-31(32(22)29)13-10-20(4-2)14-21-11-12-30(46)27-9-6-5-8-26(21)27/h5-6,8-9,11-12,14,16-18,28-29,31,33,46,49H,3-4,7,10,13,15,19H2,1-2H3/b20-14+/t28-,29+,31-,33-/m1/s1. The van der Waals surface area contributed by atoms with E-state index in [0.717, 1.165) is 27.7 Å². The molecule has 4 atom stereocenters. The number of imide groups is 1. The molecule has 0 saturated carbocycles. The van der Waals surface area contributed by atoms with E-state index in [1.54, 1.807) is 6.07 Å². The second kappa shape index (κ2) is 13.6. The predicted octanol–water partition coefficient (Wildman–Crippen LogP) is 8.96. The van der Waals surface area contributed by atoms with Crippen molar-refractivity contribution in [2.45, 2.75) is 77.1 Å². The van der Waals surface area contributed by atoms with E-state index in [9.17, 15) is 46.1 Å². The van der Waals surface area contributed by atoms with Crippen LogP contribution in [0, 0.1) is 17.8 Å². The molecule has 2 N–H and O–H groups in total. The van der Waals surface area contributed by atoms with Crippen molar-refractivity contribution < 1.29 is 50.7 Å². The summed E-state index contributed by atoms with van der Waals surface area (Å²) < 4.78 is 88.3. The summed E-state index contributed by atoms with van der Waals surface area (Å²) in [5.74, 6) is -4.32. The van der Waals surface area contributed by atoms with Gasteiger partial charge >= 0.3 is 19.5 Å². The summed E-state index contributed by atoms with van der Waals surface area (Å²) in [4.78, 5) is 28.3. The van der Waals surface area contributed by atoms with Crippen LogP contribution in [0.15, 0.2) is 71.3 Å². The number of hydrogen-bond donors (Lipinski definition) is 2. The number of aromatic hydroxyl groups is 1. The molecule has 3 aromatic rings. The maximum absolute atomic E-state index is 14.0. The Morgan fingerprint density at radius 2 is 1.60 bits per heavy atom. The molecular weight excluding hydrogens is 663 g/mol. The average Bonchev–Trinajstić information content (AvgIpc) is 3.31. The van der Waals surface area contributed by atoms with Gasteiger partial charge in [-0.2, -0.15) is 26.3 Å². The number of rotatable bonds is 8. The first kappa shape index (κ1) is 35.7. The molecule has 0 spiro atoms. The van der Waals surface area contributed by atoms with Gasteiger partial charge in [0.15, 0.2) is 0 Å². The molecule has 6 rings (SSSR count). The third-order valence-electron chi connectivity index (χ3n) is 10.2. The number of hydrogen-bond acceptors (Lipinski definition) is 5. The number of allylic oxidation sites excluding steroid dienone is 2. The van der Waals surface area contributed by atoms with Crippen molar-refractivity contribution in [3.8, 4) is 5.75 Å². The fraction of sp³-hybridized carbons (Fsp3) is 0.405. The lowest BCUT2D eigenvalue weighted by molar-refractivity contribution is -0.143. The number of alkyl halides is 6. The zero-order valence-corrected chi connectivity index (χ0v) is 27.4. The Bertz CT molecular complexity index is 1850. The van der Waals surface area contributed by atoms with Gasteiger partial charge in [0, 0.05) is 5.39 Å². The van der Waals surface area contributed by atoms with Crippen molar-refractivity contribution in [3.63, 3.8) is 0 Å². The van der Waals surface area contributed by atoms with Crippen molar-refractivity contribution in [1.29, 1.82) is 0 Å². The molecule has 0 unspecified atom stereocenters. The molecule has 3 aromatic carbocycles. The van der Waals surface area contributed by atoms with Crippen LogP contribution in [0.5, 0.6) is 5.75 Å². The Morgan fingerprint density at radius 1 is 0.940 bits per heavy atom. The number of carbonyl (C=O) groups excluding carboxylic acids is 2. The molecule has 13 heteroatoms. The number of anilines is 1. The Balaban J connectivity index is 1.33. The van der Waals surface area contributed by atoms with E-state index in [4.69, 9.17) is 4.65 Å². The Hall–Kier alpha value is -4.10. The van der Waals surface area contributed by atoms with Gasteiger partial charge in [-0.25, -0.2) is 4.90 Å². The third kappa shape index (κ3) is 6.69. The zero-order valence-electron chi connectivity index (χ0n) is 27.4. The number of carbonyl (C=O) groups is 2. The maximum atomic E-state index is 14.0. The van der Waals surface area contributed by atoms with Crippen LogP contribution in [0.3, 0.4) is 0 Å². The van der Waals surface area contributed by atoms with E-state index in [-0.39, 0.29) is 24.6 Å². The Morgan fingerprint density at radius 3 is 2.22 bits per heavy atom. The highest BCUT2D eigenvalue weighted by molar-refractivity contribution is 6.43. The first-order chi connectivity index (χ1) is 23.6. The van der Waals surface area contributed by atoms with Crippen molar-refractivity contribution in [2.24, 2.45) is 17.8 Å². The van der Waals surface area contributed by atoms with Gasteiger partial charge in [0.2, 0.25) is 11.8 Å². The van der Waals surface area contributed by atoms with Crippen molar-refractivity contribution >= 4 is 41.5 Å². The first-order valence-electron chi connectivity index (χ1n) is 16.7. The number of halogens is 6. The number of phenols is 1. The molecule has 2 saturated heterocycles. The number of nitrogens with zero attached hydrogens (tertiary/aromatic N) is 1. The van der Waals surface area contributed by atoms with Crippen LogP contribution in [0.4, 0.5) is 32.0 Å². The van der Waals surface area contributed by atoms with E-state index < -0.39 is 72.0 Å². The summed E-state index contributed by atoms with van der Waals surface area (Å²) in [5, 5.41) is 22.8. The number of phenolic OH excluding ortho intramolecular Hbond substituents is 1. The van der Waals surface area contributed by atoms with Gasteiger partial charge in [0.1, 0.15) is 5.75 Å². The molecule has 0 radical (unpaired) electrons. The number of amides is 2. The molecule has 6 nitrogen and oxygen atoms in total. The lowest BCUT2D eigenvalue weighted by Crippen LogP contribution is -2.46. The fourth-order valence-electron chi connectivity index (χ4n) is 7.94. The topological polar surface area (TPSA) is 87.1 Å². The summed E-state index contributed by atoms with van der Waals surface area (Å²) in [6, 6.07) is 11.7. The molecule has 1 aliphatic carbocycles. The summed E-state index contributed by atoms with van der Waals surface area (Å²) in [6.07, 6.45) is -5.91. The smallest absolute Gasteiger partial charge is 0.455 e. The lowest BCUT2D eigenvalue weighted by Gasteiger charge is -2.43. The summed E-state index contributed by atoms with van der Waals surface area (Å²) in [5.41, 5.74) is -0.385. The van der Waals surface area contributed by atoms with Gasteiger partial charge in [-0.3, -0.25) is 9.59 Å². The van der Waals surface area contributed by atoms with E-state index in [1.807, 2.05) is 44.2 Å². The second-order valence-corrected chi connectivity index (χ2v) is 13.3. The van der Waals surface area contributed by atoms with Gasteiger partial charge in [0.25, 0.3) is 0 Å². The normalized spacial score (nSPS) is 23.2. The molecular formula is C37H36BF6NO5. The third-order valence-corrected chi connectivity index (χ3v) is 10.2. The van der Waals surface area contributed by atoms with Gasteiger partial charge in [-0.15, -0.1) is 0 Å². The van der Waals surface area contributed by atoms with E-state index in [2.05, 4.69) is 6.08 Å². The monoisotopic (exact) mass is 699 g/mol. The van der Waals surface area contributed by atoms with Crippen LogP contribution < -0.4 is 4.90 Å². The van der Waals surface area contributed by atoms with Crippen LogP contribution in [-0.4, -0.2) is 35.2 Å². The summed E-state index contributed by atoms with van der Waals surface area (Å²) >= 11 is 0. The summed E-state index contributed by atoms with van der Waals surface area (Å²) in [6.45, 7) is 3.95. The molecule has 2 fully saturated rings. The molecule has 50 heavy (non-hydrogen) atoms. The highest BCUT2D eigenvalue weighted by Gasteiger charge is 2.58. The van der Waals surface area contributed by atoms with E-state index >= 15 is 0 Å². The molecule has 2 heterocycles. The predicted molar refractivity (Wildman–Crippen MR) is 177 cm³/mol. The number of fused-ring (bicyclic) bond motifs is 4. The largest absolute Gasteiger partial charge is 0.507 e. The molecule has 3 aliphatic rings. The average molecular weight is 699 g/mol. The molecule has 0 bridgehead atoms. The zero-order chi connectivity index (χ0) is 36.1. The Kier molecular flexibility index (Phi) is 9.69. The first-order valence-corrected chi connectivity index (χ1v) is 16.7. The van der Waals surface area contributed by atoms with Crippen molar-refractivity contribution in [1.82, 2.24) is 0 Å². The minimum atomic E-state index is -5.16. The second-order valence-electron chi connectivity index (χ2n) is 13.3. The van der Waals surface area contributed by atoms with Crippen molar-refractivity contribution in [2.75, 3.05) is 4.90 Å². The van der Waals surface area contributed by atoms with Crippen molar-refractivity contribution in [3.05, 3.63) is 88.0 Å². The van der Waals surface area contributed by atoms with Crippen LogP contribution in [-0.2, 0) is 26.6 Å². The minimum absolute atomic E-state index is 0.0385. The lowest BCUT2D eigenvalue weighted by atomic mass is 9.58.